The van der Waals surface area contributed by atoms with Crippen molar-refractivity contribution < 1.29 is 4.74 Å². The van der Waals surface area contributed by atoms with E-state index in [0.29, 0.717) is 17.8 Å². The van der Waals surface area contributed by atoms with Crippen LogP contribution in [-0.2, 0) is 4.74 Å². The highest BCUT2D eigenvalue weighted by Gasteiger charge is 2.22. The van der Waals surface area contributed by atoms with Gasteiger partial charge in [-0.1, -0.05) is 0 Å². The SMILES string of the molecule is C[C@@H]1CN(CCN(C)c2ccc(C#N)cc2Br)C[C@H](C)O1. The van der Waals surface area contributed by atoms with Crippen molar-refractivity contribution in [3.05, 3.63) is 28.2 Å². The fourth-order valence-corrected chi connectivity index (χ4v) is 3.45. The molecule has 1 heterocycles. The maximum atomic E-state index is 8.91. The first-order valence-electron chi connectivity index (χ1n) is 7.28. The summed E-state index contributed by atoms with van der Waals surface area (Å²) in [6.07, 6.45) is 0.612. The molecule has 1 aliphatic heterocycles. The van der Waals surface area contributed by atoms with Gasteiger partial charge in [0, 0.05) is 37.7 Å². The monoisotopic (exact) mass is 351 g/mol. The molecule has 1 aliphatic rings. The Balaban J connectivity index is 1.93. The number of nitrogens with zero attached hydrogens (tertiary/aromatic N) is 3. The maximum absolute atomic E-state index is 8.91. The van der Waals surface area contributed by atoms with Gasteiger partial charge >= 0.3 is 0 Å². The molecule has 4 nitrogen and oxygen atoms in total. The number of morpholine rings is 1. The lowest BCUT2D eigenvalue weighted by Gasteiger charge is -2.36. The zero-order valence-corrected chi connectivity index (χ0v) is 14.4. The third kappa shape index (κ3) is 4.44. The van der Waals surface area contributed by atoms with Gasteiger partial charge in [-0.15, -0.1) is 0 Å². The van der Waals surface area contributed by atoms with Crippen LogP contribution in [0.2, 0.25) is 0 Å². The molecular weight excluding hydrogens is 330 g/mol. The molecule has 0 amide bonds. The summed E-state index contributed by atoms with van der Waals surface area (Å²) in [5, 5.41) is 8.91. The lowest BCUT2D eigenvalue weighted by Crippen LogP contribution is -2.47. The minimum atomic E-state index is 0.306. The minimum absolute atomic E-state index is 0.306. The lowest BCUT2D eigenvalue weighted by molar-refractivity contribution is -0.0670. The second-order valence-electron chi connectivity index (χ2n) is 5.72. The van der Waals surface area contributed by atoms with Crippen LogP contribution in [-0.4, -0.2) is 50.3 Å². The summed E-state index contributed by atoms with van der Waals surface area (Å²) in [5.41, 5.74) is 1.79. The highest BCUT2D eigenvalue weighted by Crippen LogP contribution is 2.26. The van der Waals surface area contributed by atoms with Crippen LogP contribution >= 0.6 is 15.9 Å². The van der Waals surface area contributed by atoms with E-state index in [1.54, 1.807) is 0 Å². The van der Waals surface area contributed by atoms with Crippen molar-refractivity contribution in [1.82, 2.24) is 4.90 Å². The maximum Gasteiger partial charge on any atom is 0.0992 e. The number of rotatable bonds is 4. The summed E-state index contributed by atoms with van der Waals surface area (Å²) in [7, 11) is 2.08. The van der Waals surface area contributed by atoms with E-state index in [0.717, 1.165) is 36.3 Å². The van der Waals surface area contributed by atoms with Crippen molar-refractivity contribution in [3.8, 4) is 6.07 Å². The molecule has 5 heteroatoms. The van der Waals surface area contributed by atoms with Crippen LogP contribution in [0.5, 0.6) is 0 Å². The standard InChI is InChI=1S/C16H22BrN3O/c1-12-10-20(11-13(2)21-12)7-6-19(3)16-5-4-14(9-18)8-15(16)17/h4-5,8,12-13H,6-7,10-11H2,1-3H3/t12-,13+. The molecule has 0 spiro atoms. The van der Waals surface area contributed by atoms with Gasteiger partial charge in [0.2, 0.25) is 0 Å². The van der Waals surface area contributed by atoms with Crippen LogP contribution in [0.4, 0.5) is 5.69 Å². The van der Waals surface area contributed by atoms with Crippen molar-refractivity contribution in [2.24, 2.45) is 0 Å². The van der Waals surface area contributed by atoms with Gasteiger partial charge in [0.15, 0.2) is 0 Å². The number of likely N-dealkylation sites (N-methyl/N-ethyl adjacent to an activating group) is 1. The average Bonchev–Trinajstić information content (AvgIpc) is 2.43. The van der Waals surface area contributed by atoms with Gasteiger partial charge in [0.25, 0.3) is 0 Å². The fourth-order valence-electron chi connectivity index (χ4n) is 2.76. The summed E-state index contributed by atoms with van der Waals surface area (Å²) < 4.78 is 6.72. The molecule has 1 saturated heterocycles. The molecule has 0 unspecified atom stereocenters. The van der Waals surface area contributed by atoms with Gasteiger partial charge in [-0.2, -0.15) is 5.26 Å². The first-order chi connectivity index (χ1) is 9.99. The van der Waals surface area contributed by atoms with Gasteiger partial charge in [-0.25, -0.2) is 0 Å². The molecule has 0 radical (unpaired) electrons. The molecule has 0 bridgehead atoms. The normalized spacial score (nSPS) is 22.8. The van der Waals surface area contributed by atoms with E-state index in [1.165, 1.54) is 0 Å². The molecular formula is C16H22BrN3O. The molecule has 2 rings (SSSR count). The zero-order chi connectivity index (χ0) is 15.4. The van der Waals surface area contributed by atoms with E-state index >= 15 is 0 Å². The summed E-state index contributed by atoms with van der Waals surface area (Å²) in [5.74, 6) is 0. The molecule has 2 atom stereocenters. The number of nitriles is 1. The number of benzene rings is 1. The predicted octanol–water partition coefficient (Wildman–Crippen LogP) is 2.87. The smallest absolute Gasteiger partial charge is 0.0992 e. The molecule has 0 saturated carbocycles. The van der Waals surface area contributed by atoms with E-state index in [-0.39, 0.29) is 0 Å². The van der Waals surface area contributed by atoms with Crippen LogP contribution < -0.4 is 4.90 Å². The highest BCUT2D eigenvalue weighted by atomic mass is 79.9. The van der Waals surface area contributed by atoms with Crippen LogP contribution in [0.3, 0.4) is 0 Å². The Kier molecular flexibility index (Phi) is 5.63. The Bertz CT molecular complexity index is 519. The van der Waals surface area contributed by atoms with Crippen LogP contribution in [0.25, 0.3) is 0 Å². The van der Waals surface area contributed by atoms with Crippen LogP contribution in [0.1, 0.15) is 19.4 Å². The summed E-state index contributed by atoms with van der Waals surface area (Å²) in [4.78, 5) is 4.67. The van der Waals surface area contributed by atoms with Gasteiger partial charge < -0.3 is 9.64 Å². The van der Waals surface area contributed by atoms with E-state index in [2.05, 4.69) is 52.7 Å². The Labute approximate surface area is 135 Å². The van der Waals surface area contributed by atoms with Gasteiger partial charge in [0.05, 0.1) is 29.5 Å². The topological polar surface area (TPSA) is 39.5 Å². The van der Waals surface area contributed by atoms with Crippen LogP contribution in [0, 0.1) is 11.3 Å². The summed E-state index contributed by atoms with van der Waals surface area (Å²) >= 11 is 3.55. The molecule has 0 aliphatic carbocycles. The quantitative estimate of drug-likeness (QED) is 0.836. The third-order valence-electron chi connectivity index (χ3n) is 3.73. The van der Waals surface area contributed by atoms with Crippen molar-refractivity contribution >= 4 is 21.6 Å². The Morgan fingerprint density at radius 2 is 2.05 bits per heavy atom. The van der Waals surface area contributed by atoms with Gasteiger partial charge in [-0.3, -0.25) is 4.90 Å². The highest BCUT2D eigenvalue weighted by molar-refractivity contribution is 9.10. The number of hydrogen-bond acceptors (Lipinski definition) is 4. The molecule has 0 N–H and O–H groups in total. The van der Waals surface area contributed by atoms with Crippen molar-refractivity contribution in [2.75, 3.05) is 38.1 Å². The summed E-state index contributed by atoms with van der Waals surface area (Å²) in [6, 6.07) is 7.87. The van der Waals surface area contributed by atoms with Gasteiger partial charge in [-0.05, 0) is 48.0 Å². The fraction of sp³-hybridized carbons (Fsp3) is 0.562. The van der Waals surface area contributed by atoms with Crippen LogP contribution in [0.15, 0.2) is 22.7 Å². The second kappa shape index (κ2) is 7.26. The number of anilines is 1. The second-order valence-corrected chi connectivity index (χ2v) is 6.57. The van der Waals surface area contributed by atoms with E-state index in [4.69, 9.17) is 10.00 Å². The Morgan fingerprint density at radius 1 is 1.38 bits per heavy atom. The molecule has 1 aromatic rings. The van der Waals surface area contributed by atoms with E-state index in [1.807, 2.05) is 18.2 Å². The zero-order valence-electron chi connectivity index (χ0n) is 12.8. The number of ether oxygens (including phenoxy) is 1. The average molecular weight is 352 g/mol. The van der Waals surface area contributed by atoms with E-state index < -0.39 is 0 Å². The lowest BCUT2D eigenvalue weighted by atomic mass is 10.2. The van der Waals surface area contributed by atoms with Crippen molar-refractivity contribution in [1.29, 1.82) is 5.26 Å². The van der Waals surface area contributed by atoms with E-state index in [9.17, 15) is 0 Å². The van der Waals surface area contributed by atoms with Crippen molar-refractivity contribution in [2.45, 2.75) is 26.1 Å². The molecule has 21 heavy (non-hydrogen) atoms. The largest absolute Gasteiger partial charge is 0.373 e. The predicted molar refractivity (Wildman–Crippen MR) is 88.6 cm³/mol. The molecule has 1 aromatic carbocycles. The summed E-state index contributed by atoms with van der Waals surface area (Å²) in [6.45, 7) is 8.21. The first kappa shape index (κ1) is 16.3. The first-order valence-corrected chi connectivity index (χ1v) is 8.07. The number of halogens is 1. The minimum Gasteiger partial charge on any atom is -0.373 e. The molecule has 114 valence electrons. The van der Waals surface area contributed by atoms with Crippen molar-refractivity contribution in [3.63, 3.8) is 0 Å². The molecule has 0 aromatic heterocycles. The third-order valence-corrected chi connectivity index (χ3v) is 4.37. The van der Waals surface area contributed by atoms with Gasteiger partial charge in [0.1, 0.15) is 0 Å². The number of hydrogen-bond donors (Lipinski definition) is 0. The Hall–Kier alpha value is -1.09. The Morgan fingerprint density at radius 3 is 2.62 bits per heavy atom. The molecule has 1 fully saturated rings.